The lowest BCUT2D eigenvalue weighted by Crippen LogP contribution is -2.24. The van der Waals surface area contributed by atoms with Crippen molar-refractivity contribution in [3.63, 3.8) is 0 Å². The van der Waals surface area contributed by atoms with Crippen molar-refractivity contribution in [2.75, 3.05) is 5.75 Å². The number of benzene rings is 1. The highest BCUT2D eigenvalue weighted by Gasteiger charge is 2.29. The number of hydrogen-bond acceptors (Lipinski definition) is 1. The molecule has 1 aromatic carbocycles. The molecule has 0 saturated carbocycles. The topological polar surface area (TPSA) is 0 Å². The molecule has 0 saturated heterocycles. The smallest absolute Gasteiger partial charge is 0.0110 e. The molecule has 1 aliphatic rings. The van der Waals surface area contributed by atoms with Crippen molar-refractivity contribution < 1.29 is 0 Å². The highest BCUT2D eigenvalue weighted by molar-refractivity contribution is 7.99. The first kappa shape index (κ1) is 16.4. The molecule has 0 fully saturated rings. The number of fused-ring (bicyclic) bond motifs is 1. The first-order chi connectivity index (χ1) is 9.72. The lowest BCUT2D eigenvalue weighted by molar-refractivity contribution is 0.485. The Morgan fingerprint density at radius 2 is 2.10 bits per heavy atom. The molecule has 0 aliphatic carbocycles. The Balaban J connectivity index is 2.30. The third-order valence-electron chi connectivity index (χ3n) is 4.51. The van der Waals surface area contributed by atoms with Crippen LogP contribution in [0.3, 0.4) is 0 Å². The molecule has 0 atom stereocenters. The van der Waals surface area contributed by atoms with Gasteiger partial charge in [0.15, 0.2) is 0 Å². The molecule has 0 aromatic heterocycles. The molecule has 0 N–H and O–H groups in total. The van der Waals surface area contributed by atoms with E-state index in [9.17, 15) is 0 Å². The van der Waals surface area contributed by atoms with Crippen molar-refractivity contribution in [3.8, 4) is 0 Å². The van der Waals surface area contributed by atoms with Crippen LogP contribution in [0.2, 0.25) is 0 Å². The van der Waals surface area contributed by atoms with E-state index in [0.717, 1.165) is 12.0 Å². The van der Waals surface area contributed by atoms with Gasteiger partial charge in [0, 0.05) is 4.90 Å². The fraction of sp³-hybridized carbons (Fsp3) is 0.500. The normalized spacial score (nSPS) is 17.8. The van der Waals surface area contributed by atoms with Crippen LogP contribution in [0.25, 0.3) is 0 Å². The molecule has 0 radical (unpaired) electrons. The quantitative estimate of drug-likeness (QED) is 0.591. The summed E-state index contributed by atoms with van der Waals surface area (Å²) in [5, 5.41) is 0. The van der Waals surface area contributed by atoms with Gasteiger partial charge in [0.2, 0.25) is 0 Å². The van der Waals surface area contributed by atoms with E-state index < -0.39 is 0 Å². The van der Waals surface area contributed by atoms with Gasteiger partial charge in [0.05, 0.1) is 0 Å². The van der Waals surface area contributed by atoms with Gasteiger partial charge in [-0.1, -0.05) is 64.1 Å². The highest BCUT2D eigenvalue weighted by atomic mass is 32.2. The van der Waals surface area contributed by atoms with Crippen molar-refractivity contribution >= 4 is 11.8 Å². The van der Waals surface area contributed by atoms with Crippen molar-refractivity contribution in [2.45, 2.75) is 63.2 Å². The summed E-state index contributed by atoms with van der Waals surface area (Å²) in [6, 6.07) is 7.11. The van der Waals surface area contributed by atoms with Gasteiger partial charge in [-0.05, 0) is 53.5 Å². The summed E-state index contributed by atoms with van der Waals surface area (Å²) in [7, 11) is 0. The Hall–Kier alpha value is -0.950. The zero-order valence-corrected chi connectivity index (χ0v) is 14.9. The maximum absolute atomic E-state index is 3.93. The average molecular weight is 301 g/mol. The van der Waals surface area contributed by atoms with E-state index in [1.807, 2.05) is 18.7 Å². The zero-order chi connectivity index (χ0) is 15.7. The van der Waals surface area contributed by atoms with Crippen LogP contribution in [0, 0.1) is 0 Å². The van der Waals surface area contributed by atoms with Crippen LogP contribution < -0.4 is 0 Å². The van der Waals surface area contributed by atoms with Crippen LogP contribution >= 0.6 is 11.8 Å². The summed E-state index contributed by atoms with van der Waals surface area (Å²) in [5.74, 6) is 1.24. The predicted molar refractivity (Wildman–Crippen MR) is 96.4 cm³/mol. The molecule has 1 heteroatoms. The molecule has 0 bridgehead atoms. The van der Waals surface area contributed by atoms with Gasteiger partial charge in [-0.3, -0.25) is 0 Å². The van der Waals surface area contributed by atoms with Crippen molar-refractivity contribution in [3.05, 3.63) is 53.6 Å². The minimum atomic E-state index is 0.166. The van der Waals surface area contributed by atoms with Crippen LogP contribution in [0.15, 0.2) is 47.4 Å². The van der Waals surface area contributed by atoms with E-state index in [2.05, 4.69) is 64.6 Å². The summed E-state index contributed by atoms with van der Waals surface area (Å²) in [6.07, 6.45) is 6.69. The van der Waals surface area contributed by atoms with Gasteiger partial charge in [0.1, 0.15) is 0 Å². The molecular formula is C20H28S. The van der Waals surface area contributed by atoms with Crippen LogP contribution in [0.5, 0.6) is 0 Å². The monoisotopic (exact) mass is 300 g/mol. The van der Waals surface area contributed by atoms with Gasteiger partial charge < -0.3 is 0 Å². The largest absolute Gasteiger partial charge is 0.126 e. The Bertz CT molecular complexity index is 561. The molecule has 21 heavy (non-hydrogen) atoms. The zero-order valence-electron chi connectivity index (χ0n) is 14.1. The molecule has 2 rings (SSSR count). The van der Waals surface area contributed by atoms with Crippen LogP contribution in [-0.4, -0.2) is 5.75 Å². The van der Waals surface area contributed by atoms with Crippen LogP contribution in [0.4, 0.5) is 0 Å². The first-order valence-corrected chi connectivity index (χ1v) is 8.81. The van der Waals surface area contributed by atoms with Crippen molar-refractivity contribution in [1.82, 2.24) is 0 Å². The first-order valence-electron chi connectivity index (χ1n) is 7.82. The van der Waals surface area contributed by atoms with Crippen LogP contribution in [-0.2, 0) is 10.8 Å². The van der Waals surface area contributed by atoms with Crippen molar-refractivity contribution in [2.24, 2.45) is 0 Å². The van der Waals surface area contributed by atoms with E-state index in [4.69, 9.17) is 0 Å². The second kappa shape index (κ2) is 6.04. The predicted octanol–water partition coefficient (Wildman–Crippen LogP) is 6.26. The Kier molecular flexibility index (Phi) is 4.72. The van der Waals surface area contributed by atoms with Gasteiger partial charge in [-0.25, -0.2) is 0 Å². The second-order valence-electron chi connectivity index (χ2n) is 7.53. The maximum Gasteiger partial charge on any atom is 0.0110 e. The third kappa shape index (κ3) is 3.83. The molecule has 0 spiro atoms. The number of allylic oxidation sites excluding steroid dienone is 3. The van der Waals surface area contributed by atoms with E-state index in [1.54, 1.807) is 0 Å². The van der Waals surface area contributed by atoms with Crippen molar-refractivity contribution in [1.29, 1.82) is 0 Å². The fourth-order valence-electron chi connectivity index (χ4n) is 2.83. The molecule has 0 nitrogen and oxygen atoms in total. The van der Waals surface area contributed by atoms with Gasteiger partial charge in [-0.2, -0.15) is 0 Å². The third-order valence-corrected chi connectivity index (χ3v) is 5.58. The van der Waals surface area contributed by atoms with Gasteiger partial charge in [-0.15, -0.1) is 11.8 Å². The van der Waals surface area contributed by atoms with E-state index >= 15 is 0 Å². The lowest BCUT2D eigenvalue weighted by atomic mass is 9.76. The number of hydrogen-bond donors (Lipinski definition) is 0. The Morgan fingerprint density at radius 3 is 2.76 bits per heavy atom. The SMILES string of the molecule is C=C(C)/C=C/CC(C)(C)c1ccc2c(c1)C(C)(C)CCS2. The molecule has 1 heterocycles. The highest BCUT2D eigenvalue weighted by Crippen LogP contribution is 2.43. The van der Waals surface area contributed by atoms with Gasteiger partial charge in [0.25, 0.3) is 0 Å². The van der Waals surface area contributed by atoms with Crippen LogP contribution in [0.1, 0.15) is 58.6 Å². The molecule has 1 aliphatic heterocycles. The van der Waals surface area contributed by atoms with E-state index in [-0.39, 0.29) is 5.41 Å². The van der Waals surface area contributed by atoms with E-state index in [1.165, 1.54) is 28.2 Å². The summed E-state index contributed by atoms with van der Waals surface area (Å²) in [6.45, 7) is 15.4. The molecule has 0 unspecified atom stereocenters. The summed E-state index contributed by atoms with van der Waals surface area (Å²) in [5.41, 5.74) is 4.57. The lowest BCUT2D eigenvalue weighted by Gasteiger charge is -2.34. The molecular weight excluding hydrogens is 272 g/mol. The summed E-state index contributed by atoms with van der Waals surface area (Å²) in [4.78, 5) is 1.48. The minimum Gasteiger partial charge on any atom is -0.126 e. The van der Waals surface area contributed by atoms with E-state index in [0.29, 0.717) is 5.41 Å². The number of rotatable bonds is 4. The Morgan fingerprint density at radius 1 is 1.38 bits per heavy atom. The Labute approximate surface area is 134 Å². The van der Waals surface area contributed by atoms with Gasteiger partial charge >= 0.3 is 0 Å². The second-order valence-corrected chi connectivity index (χ2v) is 8.67. The summed E-state index contributed by atoms with van der Waals surface area (Å²) >= 11 is 2.01. The number of thioether (sulfide) groups is 1. The molecule has 1 aromatic rings. The molecule has 0 amide bonds. The molecule has 114 valence electrons. The minimum absolute atomic E-state index is 0.166. The maximum atomic E-state index is 3.93. The average Bonchev–Trinajstić information content (AvgIpc) is 2.37. The standard InChI is InChI=1S/C20H28S/c1-15(2)8-7-11-19(3,4)16-9-10-18-17(14-16)20(5,6)12-13-21-18/h7-10,14H,1,11-13H2,2-6H3/b8-7+. The fourth-order valence-corrected chi connectivity index (χ4v) is 4.32. The summed E-state index contributed by atoms with van der Waals surface area (Å²) < 4.78 is 0.